The van der Waals surface area contributed by atoms with Gasteiger partial charge >= 0.3 is 0 Å². The zero-order valence-corrected chi connectivity index (χ0v) is 18.0. The van der Waals surface area contributed by atoms with Crippen LogP contribution in [-0.2, 0) is 0 Å². The van der Waals surface area contributed by atoms with Crippen LogP contribution in [0.1, 0.15) is 83.1 Å². The van der Waals surface area contributed by atoms with Gasteiger partial charge in [0.05, 0.1) is 0 Å². The molecule has 0 nitrogen and oxygen atoms in total. The van der Waals surface area contributed by atoms with E-state index in [1.54, 1.807) is 0 Å². The molecule has 0 heterocycles. The van der Waals surface area contributed by atoms with Gasteiger partial charge in [-0.2, -0.15) is 0 Å². The molecule has 4 atom stereocenters. The first-order valence-corrected chi connectivity index (χ1v) is 9.89. The first kappa shape index (κ1) is 24.4. The van der Waals surface area contributed by atoms with Crippen molar-refractivity contribution in [2.24, 2.45) is 23.7 Å². The molecule has 22 heavy (non-hydrogen) atoms. The third-order valence-corrected chi connectivity index (χ3v) is 6.04. The van der Waals surface area contributed by atoms with Crippen LogP contribution in [0.25, 0.3) is 0 Å². The summed E-state index contributed by atoms with van der Waals surface area (Å²) >= 11 is 0. The Morgan fingerprint density at radius 3 is 0.545 bits per heavy atom. The van der Waals surface area contributed by atoms with Gasteiger partial charge in [-0.1, -0.05) is 130 Å². The van der Waals surface area contributed by atoms with Crippen molar-refractivity contribution in [1.29, 1.82) is 0 Å². The molecule has 4 unspecified atom stereocenters. The van der Waals surface area contributed by atoms with Crippen molar-refractivity contribution in [1.82, 2.24) is 0 Å². The fourth-order valence-corrected chi connectivity index (χ4v) is 2.26. The lowest BCUT2D eigenvalue weighted by Gasteiger charge is -2.21. The Labute approximate surface area is 145 Å². The normalized spacial score (nSPS) is 17.1. The minimum atomic E-state index is 0.844. The van der Waals surface area contributed by atoms with Crippen LogP contribution in [0.15, 0.2) is 0 Å². The second-order valence-corrected chi connectivity index (χ2v) is 9.36. The third kappa shape index (κ3) is 12.7. The van der Waals surface area contributed by atoms with Crippen molar-refractivity contribution in [3.63, 3.8) is 0 Å². The van der Waals surface area contributed by atoms with Crippen LogP contribution in [0, 0.1) is 23.7 Å². The highest BCUT2D eigenvalue weighted by atomic mass is 14.1. The van der Waals surface area contributed by atoms with Crippen molar-refractivity contribution in [2.45, 2.75) is 106 Å². The van der Waals surface area contributed by atoms with Gasteiger partial charge in [0, 0.05) is 0 Å². The molecule has 0 rings (SSSR count). The first-order chi connectivity index (χ1) is 9.89. The van der Waals surface area contributed by atoms with Crippen LogP contribution < -0.4 is 0 Å². The van der Waals surface area contributed by atoms with E-state index in [1.807, 2.05) is 0 Å². The highest BCUT2D eigenvalue weighted by Crippen LogP contribution is 2.25. The second kappa shape index (κ2) is 12.5. The number of hydrogen-bond donors (Lipinski definition) is 0. The van der Waals surface area contributed by atoms with Crippen LogP contribution in [0.2, 0.25) is 23.3 Å². The van der Waals surface area contributed by atoms with Crippen LogP contribution in [-0.4, -0.2) is 14.6 Å². The zero-order valence-electron chi connectivity index (χ0n) is 18.0. The van der Waals surface area contributed by atoms with Crippen molar-refractivity contribution in [3.05, 3.63) is 0 Å². The maximum absolute atomic E-state index is 2.36. The van der Waals surface area contributed by atoms with Crippen LogP contribution in [0.5, 0.6) is 0 Å². The average Bonchev–Trinajstić information content (AvgIpc) is 2.38. The summed E-state index contributed by atoms with van der Waals surface area (Å²) in [5.41, 5.74) is 0. The Morgan fingerprint density at radius 1 is 0.318 bits per heavy atom. The topological polar surface area (TPSA) is 0 Å². The van der Waals surface area contributed by atoms with Gasteiger partial charge in [-0.25, -0.2) is 0 Å². The van der Waals surface area contributed by atoms with Gasteiger partial charge < -0.3 is 0 Å². The van der Waals surface area contributed by atoms with Gasteiger partial charge in [-0.3, -0.25) is 0 Å². The smallest absolute Gasteiger partial charge is 0.0691 e. The molecule has 0 spiro atoms. The average molecular weight is 308 g/mol. The maximum Gasteiger partial charge on any atom is 0.127 e. The molecule has 0 bridgehead atoms. The maximum atomic E-state index is 2.36. The summed E-state index contributed by atoms with van der Waals surface area (Å²) in [4.78, 5) is 0. The molecule has 0 N–H and O–H groups in total. The Morgan fingerprint density at radius 2 is 0.455 bits per heavy atom. The fourth-order valence-electron chi connectivity index (χ4n) is 2.26. The SMILES string of the molecule is CC(C)C(C)BC(C)C(C)C.CC(C)C(C)BC(C)C(C)C. The van der Waals surface area contributed by atoms with Crippen molar-refractivity contribution >= 4 is 14.6 Å². The van der Waals surface area contributed by atoms with E-state index in [2.05, 4.69) is 83.1 Å². The van der Waals surface area contributed by atoms with Gasteiger partial charge in [0.25, 0.3) is 0 Å². The van der Waals surface area contributed by atoms with Gasteiger partial charge in [0.15, 0.2) is 0 Å². The summed E-state index contributed by atoms with van der Waals surface area (Å²) in [6.45, 7) is 28.0. The third-order valence-electron chi connectivity index (χ3n) is 6.04. The molecule has 132 valence electrons. The predicted octanol–water partition coefficient (Wildman–Crippen LogP) is 6.70. The molecule has 0 aromatic heterocycles. The predicted molar refractivity (Wildman–Crippen MR) is 111 cm³/mol. The van der Waals surface area contributed by atoms with Crippen LogP contribution in [0.4, 0.5) is 0 Å². The van der Waals surface area contributed by atoms with Gasteiger partial charge in [0.2, 0.25) is 0 Å². The lowest BCUT2D eigenvalue weighted by Crippen LogP contribution is -2.14. The molecule has 0 radical (unpaired) electrons. The van der Waals surface area contributed by atoms with E-state index in [0.29, 0.717) is 0 Å². The minimum Gasteiger partial charge on any atom is -0.0691 e. The van der Waals surface area contributed by atoms with Crippen LogP contribution >= 0.6 is 0 Å². The van der Waals surface area contributed by atoms with Gasteiger partial charge in [0.1, 0.15) is 14.6 Å². The summed E-state index contributed by atoms with van der Waals surface area (Å²) in [6.07, 6.45) is 0. The lowest BCUT2D eigenvalue weighted by molar-refractivity contribution is 0.575. The lowest BCUT2D eigenvalue weighted by atomic mass is 9.50. The van der Waals surface area contributed by atoms with E-state index in [1.165, 1.54) is 14.6 Å². The largest absolute Gasteiger partial charge is 0.127 e. The van der Waals surface area contributed by atoms with E-state index in [0.717, 1.165) is 46.9 Å². The van der Waals surface area contributed by atoms with Gasteiger partial charge in [-0.05, 0) is 0 Å². The standard InChI is InChI=1S/2C10H23B/c2*1-7(2)9(5)11-10(6)8(3)4/h2*7-11H,1-6H3. The molecule has 0 saturated heterocycles. The molecule has 2 heteroatoms. The summed E-state index contributed by atoms with van der Waals surface area (Å²) < 4.78 is 0. The Balaban J connectivity index is 0. The summed E-state index contributed by atoms with van der Waals surface area (Å²) in [5, 5.41) is 0. The molecule has 0 aliphatic carbocycles. The van der Waals surface area contributed by atoms with Crippen molar-refractivity contribution in [2.75, 3.05) is 0 Å². The summed E-state index contributed by atoms with van der Waals surface area (Å²) in [7, 11) is 2.77. The number of hydrogen-bond acceptors (Lipinski definition) is 0. The first-order valence-electron chi connectivity index (χ1n) is 9.89. The molecule has 0 fully saturated rings. The van der Waals surface area contributed by atoms with E-state index in [-0.39, 0.29) is 0 Å². The Bertz CT molecular complexity index is 196. The van der Waals surface area contributed by atoms with Gasteiger partial charge in [-0.15, -0.1) is 0 Å². The van der Waals surface area contributed by atoms with E-state index >= 15 is 0 Å². The molecular formula is C20H46B2. The highest BCUT2D eigenvalue weighted by Gasteiger charge is 2.16. The molecule has 0 aromatic rings. The quantitative estimate of drug-likeness (QED) is 0.437. The van der Waals surface area contributed by atoms with Crippen molar-refractivity contribution in [3.8, 4) is 0 Å². The monoisotopic (exact) mass is 308 g/mol. The molecular weight excluding hydrogens is 262 g/mol. The molecule has 0 saturated carbocycles. The fraction of sp³-hybridized carbons (Fsp3) is 1.00. The minimum absolute atomic E-state index is 0.844. The number of rotatable bonds is 8. The molecule has 0 amide bonds. The molecule has 0 aromatic carbocycles. The zero-order chi connectivity index (χ0) is 18.0. The molecule has 0 aliphatic rings. The van der Waals surface area contributed by atoms with Crippen molar-refractivity contribution < 1.29 is 0 Å². The summed E-state index contributed by atoms with van der Waals surface area (Å²) in [6, 6.07) is 0. The summed E-state index contributed by atoms with van der Waals surface area (Å²) in [5.74, 6) is 6.90. The van der Waals surface area contributed by atoms with E-state index < -0.39 is 0 Å². The second-order valence-electron chi connectivity index (χ2n) is 9.36. The Kier molecular flexibility index (Phi) is 13.9. The Hall–Kier alpha value is 0.130. The highest BCUT2D eigenvalue weighted by molar-refractivity contribution is 6.39. The van der Waals surface area contributed by atoms with E-state index in [4.69, 9.17) is 0 Å². The van der Waals surface area contributed by atoms with E-state index in [9.17, 15) is 0 Å². The van der Waals surface area contributed by atoms with Crippen LogP contribution in [0.3, 0.4) is 0 Å². The molecule has 0 aliphatic heterocycles.